The van der Waals surface area contributed by atoms with Crippen molar-refractivity contribution in [2.24, 2.45) is 16.5 Å². The molecule has 4 N–H and O–H groups in total. The summed E-state index contributed by atoms with van der Waals surface area (Å²) >= 11 is 0. The summed E-state index contributed by atoms with van der Waals surface area (Å²) < 4.78 is 14.0. The predicted octanol–water partition coefficient (Wildman–Crippen LogP) is 2.45. The van der Waals surface area contributed by atoms with E-state index in [-0.39, 0.29) is 5.96 Å². The highest BCUT2D eigenvalue weighted by Gasteiger charge is 2.12. The molecule has 0 fully saturated rings. The SMILES string of the molecule is NC(N)=NC(=O)c1ccc2cccc(-c3cccnc3F)c2c1. The van der Waals surface area contributed by atoms with Gasteiger partial charge in [0.25, 0.3) is 5.91 Å². The molecule has 0 atom stereocenters. The number of carbonyl (C=O) groups is 1. The Bertz CT molecular complexity index is 933. The number of nitrogens with two attached hydrogens (primary N) is 2. The van der Waals surface area contributed by atoms with Crippen molar-refractivity contribution in [3.05, 3.63) is 66.2 Å². The van der Waals surface area contributed by atoms with E-state index < -0.39 is 11.9 Å². The number of aliphatic imine (C=N–C) groups is 1. The number of nitrogens with zero attached hydrogens (tertiary/aromatic N) is 2. The molecule has 0 saturated heterocycles. The lowest BCUT2D eigenvalue weighted by Gasteiger charge is -2.08. The van der Waals surface area contributed by atoms with Crippen LogP contribution in [-0.2, 0) is 0 Å². The Morgan fingerprint density at radius 3 is 2.57 bits per heavy atom. The van der Waals surface area contributed by atoms with Gasteiger partial charge in [0, 0.05) is 17.3 Å². The predicted molar refractivity (Wildman–Crippen MR) is 87.3 cm³/mol. The number of benzene rings is 2. The number of aromatic nitrogens is 1. The molecule has 114 valence electrons. The largest absolute Gasteiger partial charge is 0.370 e. The van der Waals surface area contributed by atoms with Gasteiger partial charge < -0.3 is 11.5 Å². The highest BCUT2D eigenvalue weighted by molar-refractivity contribution is 6.06. The van der Waals surface area contributed by atoms with Crippen LogP contribution in [0.5, 0.6) is 0 Å². The van der Waals surface area contributed by atoms with Gasteiger partial charge >= 0.3 is 0 Å². The maximum atomic E-state index is 14.0. The molecule has 0 saturated carbocycles. The molecule has 0 radical (unpaired) electrons. The minimum Gasteiger partial charge on any atom is -0.370 e. The van der Waals surface area contributed by atoms with Crippen molar-refractivity contribution in [1.82, 2.24) is 4.98 Å². The summed E-state index contributed by atoms with van der Waals surface area (Å²) in [4.78, 5) is 19.2. The fourth-order valence-corrected chi connectivity index (χ4v) is 2.41. The first-order valence-electron chi connectivity index (χ1n) is 6.84. The van der Waals surface area contributed by atoms with Crippen molar-refractivity contribution in [2.75, 3.05) is 0 Å². The topological polar surface area (TPSA) is 94.4 Å². The molecule has 0 spiro atoms. The van der Waals surface area contributed by atoms with Crippen LogP contribution in [0.2, 0.25) is 0 Å². The van der Waals surface area contributed by atoms with Crippen LogP contribution in [0.15, 0.2) is 59.7 Å². The van der Waals surface area contributed by atoms with Gasteiger partial charge in [0.2, 0.25) is 5.95 Å². The van der Waals surface area contributed by atoms with Gasteiger partial charge in [0.15, 0.2) is 5.96 Å². The van der Waals surface area contributed by atoms with Gasteiger partial charge in [0.05, 0.1) is 0 Å². The van der Waals surface area contributed by atoms with Gasteiger partial charge in [0.1, 0.15) is 0 Å². The first kappa shape index (κ1) is 14.6. The molecular formula is C17H13FN4O. The Morgan fingerprint density at radius 1 is 1.04 bits per heavy atom. The Hall–Kier alpha value is -3.28. The van der Waals surface area contributed by atoms with E-state index in [9.17, 15) is 9.18 Å². The number of hydrogen-bond acceptors (Lipinski definition) is 2. The van der Waals surface area contributed by atoms with E-state index in [1.54, 1.807) is 36.4 Å². The van der Waals surface area contributed by atoms with Gasteiger partial charge in [-0.15, -0.1) is 0 Å². The van der Waals surface area contributed by atoms with Crippen molar-refractivity contribution in [3.8, 4) is 11.1 Å². The van der Waals surface area contributed by atoms with E-state index in [0.29, 0.717) is 16.7 Å². The van der Waals surface area contributed by atoms with Gasteiger partial charge in [-0.3, -0.25) is 4.79 Å². The van der Waals surface area contributed by atoms with Crippen molar-refractivity contribution >= 4 is 22.6 Å². The maximum absolute atomic E-state index is 14.0. The lowest BCUT2D eigenvalue weighted by molar-refractivity contribution is 0.100. The first-order chi connectivity index (χ1) is 11.1. The van der Waals surface area contributed by atoms with E-state index in [1.165, 1.54) is 6.20 Å². The third kappa shape index (κ3) is 2.87. The van der Waals surface area contributed by atoms with Crippen LogP contribution in [0.1, 0.15) is 10.4 Å². The smallest absolute Gasteiger partial charge is 0.280 e. The fraction of sp³-hybridized carbons (Fsp3) is 0. The summed E-state index contributed by atoms with van der Waals surface area (Å²) in [6, 6.07) is 13.8. The highest BCUT2D eigenvalue weighted by Crippen LogP contribution is 2.30. The van der Waals surface area contributed by atoms with Crippen LogP contribution in [-0.4, -0.2) is 16.9 Å². The lowest BCUT2D eigenvalue weighted by atomic mass is 9.97. The molecule has 23 heavy (non-hydrogen) atoms. The molecule has 6 heteroatoms. The van der Waals surface area contributed by atoms with Gasteiger partial charge in [-0.2, -0.15) is 9.38 Å². The molecule has 3 rings (SSSR count). The third-order valence-electron chi connectivity index (χ3n) is 3.41. The molecule has 2 aromatic carbocycles. The molecule has 0 aliphatic carbocycles. The number of pyridine rings is 1. The van der Waals surface area contributed by atoms with Crippen molar-refractivity contribution in [1.29, 1.82) is 0 Å². The molecule has 0 aliphatic rings. The number of halogens is 1. The number of carbonyl (C=O) groups excluding carboxylic acids is 1. The summed E-state index contributed by atoms with van der Waals surface area (Å²) in [5.74, 6) is -1.42. The average molecular weight is 308 g/mol. The Kier molecular flexibility index (Phi) is 3.72. The maximum Gasteiger partial charge on any atom is 0.280 e. The van der Waals surface area contributed by atoms with E-state index in [4.69, 9.17) is 11.5 Å². The number of hydrogen-bond donors (Lipinski definition) is 2. The van der Waals surface area contributed by atoms with E-state index in [2.05, 4.69) is 9.98 Å². The molecule has 3 aromatic rings. The Balaban J connectivity index is 2.22. The second-order valence-corrected chi connectivity index (χ2v) is 4.93. The lowest BCUT2D eigenvalue weighted by Crippen LogP contribution is -2.24. The standard InChI is InChI=1S/C17H13FN4O/c18-15-13(5-2-8-21-15)12-4-1-3-10-6-7-11(9-14(10)12)16(23)22-17(19)20/h1-9H,(H4,19,20,22,23). The van der Waals surface area contributed by atoms with Crippen molar-refractivity contribution in [2.45, 2.75) is 0 Å². The van der Waals surface area contributed by atoms with Gasteiger partial charge in [-0.05, 0) is 40.6 Å². The fourth-order valence-electron chi connectivity index (χ4n) is 2.41. The number of guanidine groups is 1. The zero-order chi connectivity index (χ0) is 16.4. The summed E-state index contributed by atoms with van der Waals surface area (Å²) in [5.41, 5.74) is 11.8. The van der Waals surface area contributed by atoms with E-state index in [1.807, 2.05) is 12.1 Å². The minimum atomic E-state index is -0.569. The molecule has 5 nitrogen and oxygen atoms in total. The minimum absolute atomic E-state index is 0.304. The van der Waals surface area contributed by atoms with Crippen LogP contribution < -0.4 is 11.5 Å². The van der Waals surface area contributed by atoms with Crippen LogP contribution in [0.25, 0.3) is 21.9 Å². The normalized spacial score (nSPS) is 10.5. The van der Waals surface area contributed by atoms with Gasteiger partial charge in [-0.1, -0.05) is 24.3 Å². The summed E-state index contributed by atoms with van der Waals surface area (Å²) in [6.07, 6.45) is 1.39. The second kappa shape index (κ2) is 5.84. The Morgan fingerprint density at radius 2 is 1.83 bits per heavy atom. The molecule has 0 aliphatic heterocycles. The number of amides is 1. The molecular weight excluding hydrogens is 295 g/mol. The number of fused-ring (bicyclic) bond motifs is 1. The summed E-state index contributed by atoms with van der Waals surface area (Å²) in [5, 5.41) is 1.59. The first-order valence-corrected chi connectivity index (χ1v) is 6.84. The third-order valence-corrected chi connectivity index (χ3v) is 3.41. The Labute approximate surface area is 131 Å². The van der Waals surface area contributed by atoms with Crippen molar-refractivity contribution < 1.29 is 9.18 Å². The molecule has 1 aromatic heterocycles. The van der Waals surface area contributed by atoms with Crippen LogP contribution in [0.3, 0.4) is 0 Å². The van der Waals surface area contributed by atoms with Crippen LogP contribution >= 0.6 is 0 Å². The quantitative estimate of drug-likeness (QED) is 0.432. The van der Waals surface area contributed by atoms with Gasteiger partial charge in [-0.25, -0.2) is 4.98 Å². The zero-order valence-electron chi connectivity index (χ0n) is 12.0. The highest BCUT2D eigenvalue weighted by atomic mass is 19.1. The summed E-state index contributed by atoms with van der Waals surface area (Å²) in [6.45, 7) is 0. The monoisotopic (exact) mass is 308 g/mol. The molecule has 1 heterocycles. The van der Waals surface area contributed by atoms with E-state index >= 15 is 0 Å². The van der Waals surface area contributed by atoms with Crippen LogP contribution in [0.4, 0.5) is 4.39 Å². The van der Waals surface area contributed by atoms with E-state index in [0.717, 1.165) is 10.8 Å². The molecule has 0 bridgehead atoms. The van der Waals surface area contributed by atoms with Crippen LogP contribution in [0, 0.1) is 5.95 Å². The molecule has 1 amide bonds. The average Bonchev–Trinajstić information content (AvgIpc) is 2.54. The summed E-state index contributed by atoms with van der Waals surface area (Å²) in [7, 11) is 0. The number of rotatable bonds is 2. The molecule has 0 unspecified atom stereocenters. The second-order valence-electron chi connectivity index (χ2n) is 4.93. The zero-order valence-corrected chi connectivity index (χ0v) is 12.0. The van der Waals surface area contributed by atoms with Crippen molar-refractivity contribution in [3.63, 3.8) is 0 Å².